The van der Waals surface area contributed by atoms with E-state index < -0.39 is 18.4 Å². The maximum absolute atomic E-state index is 13.8. The molecule has 1 fully saturated rings. The zero-order chi connectivity index (χ0) is 27.5. The summed E-state index contributed by atoms with van der Waals surface area (Å²) in [5, 5.41) is 4.53. The minimum atomic E-state index is -0.917. The molecule has 5 rings (SSSR count). The second kappa shape index (κ2) is 11.3. The molecule has 2 aliphatic rings. The lowest BCUT2D eigenvalue weighted by molar-refractivity contribution is 0.00497. The van der Waals surface area contributed by atoms with Gasteiger partial charge in [-0.05, 0) is 49.8 Å². The summed E-state index contributed by atoms with van der Waals surface area (Å²) >= 11 is 0. The van der Waals surface area contributed by atoms with Gasteiger partial charge in [0.25, 0.3) is 5.91 Å². The zero-order valence-corrected chi connectivity index (χ0v) is 22.5. The van der Waals surface area contributed by atoms with Crippen molar-refractivity contribution in [2.24, 2.45) is 0 Å². The lowest BCUT2D eigenvalue weighted by Crippen LogP contribution is -2.51. The molecule has 2 aromatic carbocycles. The van der Waals surface area contributed by atoms with E-state index in [-0.39, 0.29) is 42.0 Å². The average Bonchev–Trinajstić information content (AvgIpc) is 3.42. The molecule has 0 N–H and O–H groups in total. The molecule has 0 aliphatic carbocycles. The van der Waals surface area contributed by atoms with E-state index in [0.717, 1.165) is 36.0 Å². The number of aryl methyl sites for hydroxylation is 2. The molecule has 39 heavy (non-hydrogen) atoms. The standard InChI is InChI=1S/C30H33N3O6/c1-4-20-10-7-12-22(16-20)25(21-11-6-9-19(3)15-21)26-23-13-8-14-32(23)29(35)27-28(24(34)17-31-33(26)27)38-18-39-30(36)37-5-2/h6-7,9-12,15-17,23,25-26H,4-5,8,13-14,18H2,1-3H3/t23-,25?,26-/m1/s1. The number of aromatic nitrogens is 2. The Balaban J connectivity index is 1.66. The van der Waals surface area contributed by atoms with Crippen LogP contribution in [0.5, 0.6) is 5.75 Å². The molecule has 3 aromatic rings. The molecular formula is C30H33N3O6. The van der Waals surface area contributed by atoms with E-state index in [9.17, 15) is 14.4 Å². The summed E-state index contributed by atoms with van der Waals surface area (Å²) < 4.78 is 17.0. The van der Waals surface area contributed by atoms with Crippen LogP contribution in [-0.2, 0) is 15.9 Å². The predicted molar refractivity (Wildman–Crippen MR) is 144 cm³/mol. The molecule has 9 nitrogen and oxygen atoms in total. The number of rotatable bonds is 8. The number of ether oxygens (including phenoxy) is 3. The second-order valence-corrected chi connectivity index (χ2v) is 9.91. The summed E-state index contributed by atoms with van der Waals surface area (Å²) in [5.74, 6) is -0.636. The first-order chi connectivity index (χ1) is 18.9. The van der Waals surface area contributed by atoms with E-state index in [1.165, 1.54) is 11.8 Å². The van der Waals surface area contributed by atoms with E-state index in [1.807, 2.05) is 11.0 Å². The predicted octanol–water partition coefficient (Wildman–Crippen LogP) is 4.61. The van der Waals surface area contributed by atoms with E-state index in [0.29, 0.717) is 6.54 Å². The van der Waals surface area contributed by atoms with Crippen molar-refractivity contribution in [1.29, 1.82) is 0 Å². The third kappa shape index (κ3) is 5.13. The lowest BCUT2D eigenvalue weighted by Gasteiger charge is -2.43. The summed E-state index contributed by atoms with van der Waals surface area (Å²) in [4.78, 5) is 40.2. The van der Waals surface area contributed by atoms with Crippen molar-refractivity contribution >= 4 is 12.1 Å². The molecule has 1 saturated heterocycles. The van der Waals surface area contributed by atoms with Crippen LogP contribution in [0, 0.1) is 6.92 Å². The summed E-state index contributed by atoms with van der Waals surface area (Å²) in [6.45, 7) is 6.00. The van der Waals surface area contributed by atoms with Crippen molar-refractivity contribution in [3.63, 3.8) is 0 Å². The van der Waals surface area contributed by atoms with Gasteiger partial charge in [-0.25, -0.2) is 4.79 Å². The van der Waals surface area contributed by atoms with Crippen molar-refractivity contribution in [3.8, 4) is 5.75 Å². The molecule has 9 heteroatoms. The van der Waals surface area contributed by atoms with Gasteiger partial charge in [0.2, 0.25) is 18.0 Å². The van der Waals surface area contributed by atoms with Crippen LogP contribution in [0.3, 0.4) is 0 Å². The monoisotopic (exact) mass is 531 g/mol. The van der Waals surface area contributed by atoms with Crippen molar-refractivity contribution in [3.05, 3.63) is 92.9 Å². The fraction of sp³-hybridized carbons (Fsp3) is 0.400. The quantitative estimate of drug-likeness (QED) is 0.309. The maximum Gasteiger partial charge on any atom is 0.511 e. The van der Waals surface area contributed by atoms with E-state index in [4.69, 9.17) is 14.2 Å². The van der Waals surface area contributed by atoms with Gasteiger partial charge in [-0.15, -0.1) is 0 Å². The number of carbonyl (C=O) groups is 2. The molecule has 0 bridgehead atoms. The average molecular weight is 532 g/mol. The van der Waals surface area contributed by atoms with E-state index in [1.54, 1.807) is 11.6 Å². The summed E-state index contributed by atoms with van der Waals surface area (Å²) in [7, 11) is 0. The SMILES string of the molecule is CCOC(=O)OCOc1c2n(ncc1=O)[C@@H](C(c1cccc(C)c1)c1cccc(CC)c1)[C@H]1CCCN1C2=O. The van der Waals surface area contributed by atoms with Gasteiger partial charge in [0.05, 0.1) is 24.9 Å². The third-order valence-electron chi connectivity index (χ3n) is 7.51. The molecule has 2 aliphatic heterocycles. The van der Waals surface area contributed by atoms with Crippen molar-refractivity contribution in [1.82, 2.24) is 14.7 Å². The Kier molecular flexibility index (Phi) is 7.67. The van der Waals surface area contributed by atoms with Crippen LogP contribution in [0.1, 0.15) is 71.4 Å². The van der Waals surface area contributed by atoms with Gasteiger partial charge in [-0.1, -0.05) is 61.0 Å². The van der Waals surface area contributed by atoms with Crippen LogP contribution in [-0.4, -0.2) is 52.7 Å². The van der Waals surface area contributed by atoms with Crippen LogP contribution < -0.4 is 10.2 Å². The number of fused-ring (bicyclic) bond motifs is 2. The van der Waals surface area contributed by atoms with Gasteiger partial charge < -0.3 is 19.1 Å². The van der Waals surface area contributed by atoms with Crippen molar-refractivity contribution in [2.75, 3.05) is 19.9 Å². The fourth-order valence-electron chi connectivity index (χ4n) is 5.83. The van der Waals surface area contributed by atoms with E-state index in [2.05, 4.69) is 61.4 Å². The fourth-order valence-corrected chi connectivity index (χ4v) is 5.83. The molecule has 3 atom stereocenters. The molecule has 1 unspecified atom stereocenters. The highest BCUT2D eigenvalue weighted by atomic mass is 16.8. The second-order valence-electron chi connectivity index (χ2n) is 9.91. The summed E-state index contributed by atoms with van der Waals surface area (Å²) in [5.41, 5.74) is 4.08. The number of carbonyl (C=O) groups excluding carboxylic acids is 2. The number of benzene rings is 2. The number of hydrogen-bond donors (Lipinski definition) is 0. The molecule has 0 radical (unpaired) electrons. The minimum absolute atomic E-state index is 0.0717. The molecule has 204 valence electrons. The summed E-state index contributed by atoms with van der Waals surface area (Å²) in [6.07, 6.45) is 2.82. The molecule has 1 amide bonds. The Morgan fingerprint density at radius 3 is 2.59 bits per heavy atom. The lowest BCUT2D eigenvalue weighted by atomic mass is 9.79. The Morgan fingerprint density at radius 2 is 1.85 bits per heavy atom. The van der Waals surface area contributed by atoms with Crippen LogP contribution in [0.4, 0.5) is 4.79 Å². The van der Waals surface area contributed by atoms with Crippen LogP contribution in [0.15, 0.2) is 59.5 Å². The Hall–Kier alpha value is -4.14. The number of nitrogens with zero attached hydrogens (tertiary/aromatic N) is 3. The van der Waals surface area contributed by atoms with Gasteiger partial charge in [0.15, 0.2) is 5.69 Å². The van der Waals surface area contributed by atoms with Gasteiger partial charge in [-0.3, -0.25) is 14.3 Å². The first-order valence-electron chi connectivity index (χ1n) is 13.4. The Bertz CT molecular complexity index is 1430. The Morgan fingerprint density at radius 1 is 1.08 bits per heavy atom. The molecule has 3 heterocycles. The van der Waals surface area contributed by atoms with E-state index >= 15 is 0 Å². The van der Waals surface area contributed by atoms with Crippen LogP contribution in [0.25, 0.3) is 0 Å². The molecule has 0 saturated carbocycles. The van der Waals surface area contributed by atoms with Crippen LogP contribution in [0.2, 0.25) is 0 Å². The van der Waals surface area contributed by atoms with Crippen LogP contribution >= 0.6 is 0 Å². The first kappa shape index (κ1) is 26.5. The highest BCUT2D eigenvalue weighted by molar-refractivity contribution is 5.96. The normalized spacial score (nSPS) is 18.7. The van der Waals surface area contributed by atoms with Gasteiger partial charge >= 0.3 is 6.16 Å². The largest absolute Gasteiger partial charge is 0.511 e. The van der Waals surface area contributed by atoms with Crippen molar-refractivity contribution < 1.29 is 23.8 Å². The Labute approximate surface area is 227 Å². The minimum Gasteiger partial charge on any atom is -0.451 e. The maximum atomic E-state index is 13.8. The number of amides is 1. The highest BCUT2D eigenvalue weighted by Gasteiger charge is 2.48. The first-order valence-corrected chi connectivity index (χ1v) is 13.4. The zero-order valence-electron chi connectivity index (χ0n) is 22.5. The topological polar surface area (TPSA) is 100.0 Å². The summed E-state index contributed by atoms with van der Waals surface area (Å²) in [6, 6.07) is 16.5. The third-order valence-corrected chi connectivity index (χ3v) is 7.51. The molecule has 0 spiro atoms. The molecule has 1 aromatic heterocycles. The number of hydrogen-bond acceptors (Lipinski definition) is 7. The van der Waals surface area contributed by atoms with Gasteiger partial charge in [0, 0.05) is 12.5 Å². The van der Waals surface area contributed by atoms with Gasteiger partial charge in [-0.2, -0.15) is 5.10 Å². The smallest absolute Gasteiger partial charge is 0.451 e. The van der Waals surface area contributed by atoms with Gasteiger partial charge in [0.1, 0.15) is 0 Å². The van der Waals surface area contributed by atoms with Crippen molar-refractivity contribution in [2.45, 2.75) is 58.0 Å². The highest BCUT2D eigenvalue weighted by Crippen LogP contribution is 2.46. The molecular weight excluding hydrogens is 498 g/mol.